The highest BCUT2D eigenvalue weighted by Gasteiger charge is 2.75. The molecule has 5 nitrogen and oxygen atoms in total. The minimum absolute atomic E-state index is 0.0246. The Hall–Kier alpha value is -1.46. The smallest absolute Gasteiger partial charge is 0.164 e. The molecule has 0 aromatic rings. The second-order valence-electron chi connectivity index (χ2n) is 11.7. The van der Waals surface area contributed by atoms with Gasteiger partial charge in [-0.15, -0.1) is 0 Å². The molecule has 2 saturated carbocycles. The quantitative estimate of drug-likeness (QED) is 0.564. The summed E-state index contributed by atoms with van der Waals surface area (Å²) in [5, 5.41) is 0. The van der Waals surface area contributed by atoms with Gasteiger partial charge in [0.25, 0.3) is 0 Å². The Balaban J connectivity index is 1.57. The molecular weight excluding hydrogens is 404 g/mol. The minimum Gasteiger partial charge on any atom is -0.498 e. The Morgan fingerprint density at radius 3 is 2.62 bits per heavy atom. The van der Waals surface area contributed by atoms with Crippen LogP contribution in [-0.2, 0) is 23.8 Å². The van der Waals surface area contributed by atoms with Crippen LogP contribution in [0.4, 0.5) is 0 Å². The van der Waals surface area contributed by atoms with Gasteiger partial charge in [-0.3, -0.25) is 9.59 Å². The zero-order valence-electron chi connectivity index (χ0n) is 20.5. The van der Waals surface area contributed by atoms with Gasteiger partial charge < -0.3 is 14.2 Å². The van der Waals surface area contributed by atoms with E-state index in [1.165, 1.54) is 5.57 Å². The van der Waals surface area contributed by atoms with Crippen LogP contribution in [0.1, 0.15) is 80.1 Å². The third kappa shape index (κ3) is 2.70. The largest absolute Gasteiger partial charge is 0.498 e. The lowest BCUT2D eigenvalue weighted by atomic mass is 9.46. The van der Waals surface area contributed by atoms with E-state index in [4.69, 9.17) is 14.2 Å². The van der Waals surface area contributed by atoms with Crippen LogP contribution in [-0.4, -0.2) is 36.2 Å². The second-order valence-corrected chi connectivity index (χ2v) is 11.7. The summed E-state index contributed by atoms with van der Waals surface area (Å²) < 4.78 is 18.7. The molecular formula is C27H38O5. The maximum absolute atomic E-state index is 13.2. The number of ketones is 1. The number of carbonyl (C=O) groups is 2. The highest BCUT2D eigenvalue weighted by atomic mass is 16.8. The second kappa shape index (κ2) is 7.02. The molecule has 0 unspecified atom stereocenters. The SMILES string of the molecule is CCOC1=CC2=C(C=O)C[C@@H]3[C@H](CC[C@@]4(C)[C@H]3C[C@@H]3OC(C)(C)O[C@@]34C(C)=O)[C@@]2(C)CC1. The lowest BCUT2D eigenvalue weighted by Gasteiger charge is -2.58. The van der Waals surface area contributed by atoms with Crippen LogP contribution in [0.2, 0.25) is 0 Å². The molecule has 0 aromatic carbocycles. The van der Waals surface area contributed by atoms with Gasteiger partial charge in [0.15, 0.2) is 17.2 Å². The number of allylic oxidation sites excluding steroid dienone is 4. The zero-order valence-corrected chi connectivity index (χ0v) is 20.5. The first-order chi connectivity index (χ1) is 15.0. The van der Waals surface area contributed by atoms with E-state index in [-0.39, 0.29) is 22.7 Å². The minimum atomic E-state index is -0.882. The van der Waals surface area contributed by atoms with Crippen molar-refractivity contribution in [1.29, 1.82) is 0 Å². The van der Waals surface area contributed by atoms with Crippen molar-refractivity contribution < 1.29 is 23.8 Å². The van der Waals surface area contributed by atoms with Crippen molar-refractivity contribution in [2.75, 3.05) is 6.61 Å². The number of aldehydes is 1. The van der Waals surface area contributed by atoms with E-state index in [0.29, 0.717) is 24.4 Å². The van der Waals surface area contributed by atoms with Gasteiger partial charge in [0.05, 0.1) is 18.5 Å². The van der Waals surface area contributed by atoms with Crippen LogP contribution in [0.5, 0.6) is 0 Å². The van der Waals surface area contributed by atoms with Crippen molar-refractivity contribution in [3.63, 3.8) is 0 Å². The third-order valence-electron chi connectivity index (χ3n) is 9.86. The summed E-state index contributed by atoms with van der Waals surface area (Å²) in [5.41, 5.74) is 0.934. The molecule has 5 heteroatoms. The van der Waals surface area contributed by atoms with Gasteiger partial charge in [-0.2, -0.15) is 0 Å². The fourth-order valence-electron chi connectivity index (χ4n) is 8.65. The molecule has 1 heterocycles. The van der Waals surface area contributed by atoms with E-state index in [2.05, 4.69) is 19.9 Å². The molecule has 0 amide bonds. The first-order valence-electron chi connectivity index (χ1n) is 12.4. The van der Waals surface area contributed by atoms with Crippen molar-refractivity contribution in [2.24, 2.45) is 28.6 Å². The summed E-state index contributed by atoms with van der Waals surface area (Å²) in [6, 6.07) is 0. The molecule has 3 fully saturated rings. The molecule has 5 aliphatic rings. The fourth-order valence-corrected chi connectivity index (χ4v) is 8.65. The molecule has 1 saturated heterocycles. The molecule has 1 aliphatic heterocycles. The number of Topliss-reactive ketones (excluding diaryl/α,β-unsaturated/α-hetero) is 1. The lowest BCUT2D eigenvalue weighted by Crippen LogP contribution is -2.59. The van der Waals surface area contributed by atoms with Crippen molar-refractivity contribution in [3.05, 3.63) is 23.0 Å². The summed E-state index contributed by atoms with van der Waals surface area (Å²) in [6.45, 7) is 12.8. The summed E-state index contributed by atoms with van der Waals surface area (Å²) >= 11 is 0. The van der Waals surface area contributed by atoms with Gasteiger partial charge in [0, 0.05) is 11.8 Å². The molecule has 32 heavy (non-hydrogen) atoms. The number of fused-ring (bicyclic) bond motifs is 7. The molecule has 0 radical (unpaired) electrons. The van der Waals surface area contributed by atoms with Crippen LogP contribution in [0.25, 0.3) is 0 Å². The van der Waals surface area contributed by atoms with Gasteiger partial charge >= 0.3 is 0 Å². The lowest BCUT2D eigenvalue weighted by molar-refractivity contribution is -0.213. The van der Waals surface area contributed by atoms with E-state index in [1.807, 2.05) is 20.8 Å². The van der Waals surface area contributed by atoms with E-state index in [9.17, 15) is 9.59 Å². The van der Waals surface area contributed by atoms with Gasteiger partial charge in [-0.1, -0.05) is 13.8 Å². The molecule has 0 N–H and O–H groups in total. The maximum atomic E-state index is 13.2. The topological polar surface area (TPSA) is 61.8 Å². The Labute approximate surface area is 191 Å². The first kappa shape index (κ1) is 22.3. The molecule has 4 aliphatic carbocycles. The molecule has 0 spiro atoms. The van der Waals surface area contributed by atoms with E-state index in [1.54, 1.807) is 6.92 Å². The van der Waals surface area contributed by atoms with E-state index >= 15 is 0 Å². The summed E-state index contributed by atoms with van der Waals surface area (Å²) in [7, 11) is 0. The first-order valence-corrected chi connectivity index (χ1v) is 12.4. The summed E-state index contributed by atoms with van der Waals surface area (Å²) in [4.78, 5) is 25.5. The fraction of sp³-hybridized carbons (Fsp3) is 0.778. The van der Waals surface area contributed by atoms with Crippen LogP contribution in [0, 0.1) is 28.6 Å². The third-order valence-corrected chi connectivity index (χ3v) is 9.86. The van der Waals surface area contributed by atoms with Crippen molar-refractivity contribution in [3.8, 4) is 0 Å². The van der Waals surface area contributed by atoms with E-state index in [0.717, 1.165) is 56.1 Å². The highest BCUT2D eigenvalue weighted by molar-refractivity contribution is 5.88. The summed E-state index contributed by atoms with van der Waals surface area (Å²) in [6.07, 6.45) is 8.57. The molecule has 5 rings (SSSR count). The summed E-state index contributed by atoms with van der Waals surface area (Å²) in [5.74, 6) is 1.51. The van der Waals surface area contributed by atoms with Crippen molar-refractivity contribution in [2.45, 2.75) is 97.6 Å². The standard InChI is InChI=1S/C27H38O5/c1-7-30-18-8-10-25(5)20-9-11-26(6)22(19(20)12-17(15-28)21(25)13-18)14-23-27(26,16(2)29)32-24(3,4)31-23/h13,15,19-20,22-23H,7-12,14H2,1-6H3/t19-,20+,22+,23+,25-,26+,27+/m1/s1. The monoisotopic (exact) mass is 442 g/mol. The Morgan fingerprint density at radius 2 is 1.97 bits per heavy atom. The maximum Gasteiger partial charge on any atom is 0.164 e. The molecule has 0 aromatic heterocycles. The number of ether oxygens (including phenoxy) is 3. The van der Waals surface area contributed by atoms with E-state index < -0.39 is 11.4 Å². The Morgan fingerprint density at radius 1 is 1.22 bits per heavy atom. The van der Waals surface area contributed by atoms with Crippen molar-refractivity contribution >= 4 is 12.1 Å². The van der Waals surface area contributed by atoms with Gasteiger partial charge in [-0.25, -0.2) is 0 Å². The van der Waals surface area contributed by atoms with Crippen LogP contribution >= 0.6 is 0 Å². The molecule has 7 atom stereocenters. The average molecular weight is 443 g/mol. The van der Waals surface area contributed by atoms with Gasteiger partial charge in [0.2, 0.25) is 0 Å². The predicted octanol–water partition coefficient (Wildman–Crippen LogP) is 5.14. The normalized spacial score (nSPS) is 46.5. The Bertz CT molecular complexity index is 915. The Kier molecular flexibility index (Phi) is 4.90. The predicted molar refractivity (Wildman–Crippen MR) is 121 cm³/mol. The molecule has 176 valence electrons. The van der Waals surface area contributed by atoms with Crippen LogP contribution in [0.15, 0.2) is 23.0 Å². The zero-order chi connectivity index (χ0) is 23.1. The van der Waals surface area contributed by atoms with Crippen molar-refractivity contribution in [1.82, 2.24) is 0 Å². The van der Waals surface area contributed by atoms with Crippen LogP contribution in [0.3, 0.4) is 0 Å². The van der Waals surface area contributed by atoms with Crippen LogP contribution < -0.4 is 0 Å². The van der Waals surface area contributed by atoms with Gasteiger partial charge in [-0.05, 0) is 100 Å². The number of carbonyl (C=O) groups excluding carboxylic acids is 2. The number of hydrogen-bond acceptors (Lipinski definition) is 5. The average Bonchev–Trinajstić information content (AvgIpc) is 3.14. The molecule has 0 bridgehead atoms. The number of hydrogen-bond donors (Lipinski definition) is 0. The number of rotatable bonds is 4. The highest BCUT2D eigenvalue weighted by Crippen LogP contribution is 2.70. The van der Waals surface area contributed by atoms with Gasteiger partial charge in [0.1, 0.15) is 6.29 Å².